The van der Waals surface area contributed by atoms with Gasteiger partial charge in [0.15, 0.2) is 0 Å². The predicted molar refractivity (Wildman–Crippen MR) is 74.0 cm³/mol. The molecule has 0 aliphatic carbocycles. The molecule has 4 nitrogen and oxygen atoms in total. The van der Waals surface area contributed by atoms with Crippen LogP contribution in [-0.4, -0.2) is 35.3 Å². The number of amides is 2. The Labute approximate surface area is 117 Å². The van der Waals surface area contributed by atoms with Crippen molar-refractivity contribution < 1.29 is 9.59 Å². The van der Waals surface area contributed by atoms with E-state index in [1.165, 1.54) is 0 Å². The Balaban J connectivity index is 2.11. The lowest BCUT2D eigenvalue weighted by Crippen LogP contribution is -2.63. The van der Waals surface area contributed by atoms with E-state index in [4.69, 9.17) is 11.6 Å². The number of hydrogen-bond acceptors (Lipinski definition) is 2. The molecular formula is C14H17ClN2O2. The van der Waals surface area contributed by atoms with Crippen molar-refractivity contribution in [2.45, 2.75) is 25.8 Å². The Morgan fingerprint density at radius 2 is 2.00 bits per heavy atom. The van der Waals surface area contributed by atoms with E-state index < -0.39 is 5.54 Å². The van der Waals surface area contributed by atoms with Crippen LogP contribution in [0.2, 0.25) is 5.02 Å². The molecule has 19 heavy (non-hydrogen) atoms. The van der Waals surface area contributed by atoms with Crippen LogP contribution < -0.4 is 5.32 Å². The normalized spacial score (nSPS) is 18.1. The summed E-state index contributed by atoms with van der Waals surface area (Å²) in [5.74, 6) is -0.148. The third-order valence-corrected chi connectivity index (χ3v) is 3.67. The minimum Gasteiger partial charge on any atom is -0.352 e. The number of piperazine rings is 1. The van der Waals surface area contributed by atoms with Crippen molar-refractivity contribution in [3.63, 3.8) is 0 Å². The highest BCUT2D eigenvalue weighted by Crippen LogP contribution is 2.19. The van der Waals surface area contributed by atoms with E-state index in [2.05, 4.69) is 5.32 Å². The zero-order chi connectivity index (χ0) is 14.0. The van der Waals surface area contributed by atoms with Crippen LogP contribution in [0, 0.1) is 0 Å². The van der Waals surface area contributed by atoms with Crippen LogP contribution in [-0.2, 0) is 16.0 Å². The number of rotatable bonds is 2. The first-order valence-electron chi connectivity index (χ1n) is 6.24. The minimum absolute atomic E-state index is 0.0397. The largest absolute Gasteiger partial charge is 0.352 e. The number of hydrogen-bond donors (Lipinski definition) is 1. The summed E-state index contributed by atoms with van der Waals surface area (Å²) in [5, 5.41) is 3.43. The molecule has 102 valence electrons. The lowest BCUT2D eigenvalue weighted by Gasteiger charge is -2.41. The topological polar surface area (TPSA) is 49.4 Å². The van der Waals surface area contributed by atoms with E-state index in [9.17, 15) is 9.59 Å². The van der Waals surface area contributed by atoms with Gasteiger partial charge in [0.1, 0.15) is 5.54 Å². The second kappa shape index (κ2) is 5.21. The van der Waals surface area contributed by atoms with Crippen molar-refractivity contribution in [3.8, 4) is 0 Å². The molecule has 0 atom stereocenters. The lowest BCUT2D eigenvalue weighted by molar-refractivity contribution is -0.148. The molecule has 0 radical (unpaired) electrons. The van der Waals surface area contributed by atoms with Crippen LogP contribution in [0.15, 0.2) is 24.3 Å². The first-order chi connectivity index (χ1) is 8.91. The van der Waals surface area contributed by atoms with E-state index in [0.717, 1.165) is 5.56 Å². The standard InChI is InChI=1S/C14H17ClN2O2/c1-14(2)13(19)16-7-8-17(14)12(18)9-10-3-5-11(15)6-4-10/h3-6H,7-9H2,1-2H3,(H,16,19). The van der Waals surface area contributed by atoms with Gasteiger partial charge in [-0.3, -0.25) is 9.59 Å². The summed E-state index contributed by atoms with van der Waals surface area (Å²) >= 11 is 5.81. The van der Waals surface area contributed by atoms with Gasteiger partial charge in [0.2, 0.25) is 11.8 Å². The molecule has 1 aliphatic rings. The first kappa shape index (κ1) is 13.9. The van der Waals surface area contributed by atoms with Gasteiger partial charge < -0.3 is 10.2 Å². The Morgan fingerprint density at radius 1 is 1.37 bits per heavy atom. The van der Waals surface area contributed by atoms with Gasteiger partial charge in [-0.25, -0.2) is 0 Å². The lowest BCUT2D eigenvalue weighted by atomic mass is 9.97. The van der Waals surface area contributed by atoms with Gasteiger partial charge in [-0.15, -0.1) is 0 Å². The van der Waals surface area contributed by atoms with Crippen molar-refractivity contribution in [3.05, 3.63) is 34.9 Å². The summed E-state index contributed by atoms with van der Waals surface area (Å²) in [6.45, 7) is 4.59. The average molecular weight is 281 g/mol. The molecular weight excluding hydrogens is 264 g/mol. The summed E-state index contributed by atoms with van der Waals surface area (Å²) in [6.07, 6.45) is 0.286. The SMILES string of the molecule is CC1(C)C(=O)NCCN1C(=O)Cc1ccc(Cl)cc1. The fourth-order valence-electron chi connectivity index (χ4n) is 2.21. The van der Waals surface area contributed by atoms with Crippen molar-refractivity contribution in [2.24, 2.45) is 0 Å². The van der Waals surface area contributed by atoms with Gasteiger partial charge in [0.25, 0.3) is 0 Å². The molecule has 0 bridgehead atoms. The molecule has 2 rings (SSSR count). The van der Waals surface area contributed by atoms with Crippen LogP contribution in [0.25, 0.3) is 0 Å². The maximum atomic E-state index is 12.3. The van der Waals surface area contributed by atoms with Crippen LogP contribution in [0.5, 0.6) is 0 Å². The first-order valence-corrected chi connectivity index (χ1v) is 6.62. The highest BCUT2D eigenvalue weighted by atomic mass is 35.5. The highest BCUT2D eigenvalue weighted by molar-refractivity contribution is 6.30. The molecule has 0 aromatic heterocycles. The van der Waals surface area contributed by atoms with Crippen LogP contribution in [0.1, 0.15) is 19.4 Å². The molecule has 1 heterocycles. The number of halogens is 1. The molecule has 1 N–H and O–H groups in total. The second-order valence-corrected chi connectivity index (χ2v) is 5.60. The molecule has 2 amide bonds. The summed E-state index contributed by atoms with van der Waals surface area (Å²) in [4.78, 5) is 25.8. The zero-order valence-corrected chi connectivity index (χ0v) is 11.8. The predicted octanol–water partition coefficient (Wildman–Crippen LogP) is 1.62. The van der Waals surface area contributed by atoms with Crippen molar-refractivity contribution in [2.75, 3.05) is 13.1 Å². The Morgan fingerprint density at radius 3 is 2.63 bits per heavy atom. The molecule has 1 fully saturated rings. The zero-order valence-electron chi connectivity index (χ0n) is 11.1. The molecule has 0 unspecified atom stereocenters. The van der Waals surface area contributed by atoms with Gasteiger partial charge in [0, 0.05) is 18.1 Å². The molecule has 1 saturated heterocycles. The third-order valence-electron chi connectivity index (χ3n) is 3.42. The Hall–Kier alpha value is -1.55. The van der Waals surface area contributed by atoms with Crippen molar-refractivity contribution >= 4 is 23.4 Å². The highest BCUT2D eigenvalue weighted by Gasteiger charge is 2.40. The van der Waals surface area contributed by atoms with E-state index in [1.54, 1.807) is 30.9 Å². The number of carbonyl (C=O) groups is 2. The molecule has 5 heteroatoms. The van der Waals surface area contributed by atoms with Gasteiger partial charge in [-0.1, -0.05) is 23.7 Å². The van der Waals surface area contributed by atoms with Crippen LogP contribution >= 0.6 is 11.6 Å². The van der Waals surface area contributed by atoms with Gasteiger partial charge in [-0.05, 0) is 31.5 Å². The minimum atomic E-state index is -0.790. The van der Waals surface area contributed by atoms with Crippen LogP contribution in [0.4, 0.5) is 0 Å². The molecule has 1 aromatic carbocycles. The van der Waals surface area contributed by atoms with Gasteiger partial charge in [-0.2, -0.15) is 0 Å². The summed E-state index contributed by atoms with van der Waals surface area (Å²) in [5.41, 5.74) is 0.109. The van der Waals surface area contributed by atoms with E-state index in [1.807, 2.05) is 12.1 Å². The second-order valence-electron chi connectivity index (χ2n) is 5.16. The molecule has 1 aliphatic heterocycles. The number of carbonyl (C=O) groups excluding carboxylic acids is 2. The van der Waals surface area contributed by atoms with E-state index in [-0.39, 0.29) is 18.2 Å². The fraction of sp³-hybridized carbons (Fsp3) is 0.429. The Kier molecular flexibility index (Phi) is 3.80. The van der Waals surface area contributed by atoms with Crippen molar-refractivity contribution in [1.29, 1.82) is 0 Å². The maximum absolute atomic E-state index is 12.3. The van der Waals surface area contributed by atoms with Crippen molar-refractivity contribution in [1.82, 2.24) is 10.2 Å². The van der Waals surface area contributed by atoms with Gasteiger partial charge in [0.05, 0.1) is 6.42 Å². The molecule has 0 saturated carbocycles. The Bertz CT molecular complexity index is 497. The summed E-state index contributed by atoms with van der Waals surface area (Å²) < 4.78 is 0. The quantitative estimate of drug-likeness (QED) is 0.895. The van der Waals surface area contributed by atoms with E-state index in [0.29, 0.717) is 18.1 Å². The summed E-state index contributed by atoms with van der Waals surface area (Å²) in [6, 6.07) is 7.19. The summed E-state index contributed by atoms with van der Waals surface area (Å²) in [7, 11) is 0. The monoisotopic (exact) mass is 280 g/mol. The van der Waals surface area contributed by atoms with E-state index >= 15 is 0 Å². The number of nitrogens with zero attached hydrogens (tertiary/aromatic N) is 1. The van der Waals surface area contributed by atoms with Crippen LogP contribution in [0.3, 0.4) is 0 Å². The maximum Gasteiger partial charge on any atom is 0.245 e. The molecule has 1 aromatic rings. The fourth-order valence-corrected chi connectivity index (χ4v) is 2.33. The third kappa shape index (κ3) is 2.89. The smallest absolute Gasteiger partial charge is 0.245 e. The number of nitrogens with one attached hydrogen (secondary N) is 1. The number of benzene rings is 1. The average Bonchev–Trinajstić information content (AvgIpc) is 2.35. The molecule has 0 spiro atoms. The van der Waals surface area contributed by atoms with Gasteiger partial charge >= 0.3 is 0 Å².